The molecule has 0 saturated carbocycles. The van der Waals surface area contributed by atoms with Crippen molar-refractivity contribution in [2.24, 2.45) is 0 Å². The molecule has 0 aromatic heterocycles. The van der Waals surface area contributed by atoms with Crippen molar-refractivity contribution in [3.05, 3.63) is 28.2 Å². The van der Waals surface area contributed by atoms with Crippen molar-refractivity contribution < 1.29 is 27.8 Å². The van der Waals surface area contributed by atoms with Crippen molar-refractivity contribution in [1.82, 2.24) is 0 Å². The van der Waals surface area contributed by atoms with Crippen LogP contribution in [-0.4, -0.2) is 31.1 Å². The number of ether oxygens (including phenoxy) is 2. The lowest BCUT2D eigenvalue weighted by molar-refractivity contribution is -0.175. The van der Waals surface area contributed by atoms with E-state index in [-0.39, 0.29) is 13.2 Å². The summed E-state index contributed by atoms with van der Waals surface area (Å²) in [6.07, 6.45) is -5.06. The predicted molar refractivity (Wildman–Crippen MR) is 67.1 cm³/mol. The third-order valence-corrected chi connectivity index (χ3v) is 2.67. The summed E-state index contributed by atoms with van der Waals surface area (Å²) in [5, 5.41) is 9.56. The number of halogens is 4. The van der Waals surface area contributed by atoms with E-state index >= 15 is 0 Å². The lowest BCUT2D eigenvalue weighted by Gasteiger charge is -2.14. The summed E-state index contributed by atoms with van der Waals surface area (Å²) >= 11 is 3.26. The zero-order valence-corrected chi connectivity index (χ0v) is 11.8. The molecule has 0 aliphatic heterocycles. The standard InChI is InChI=1S/C12H14BrF3O3/c1-8(17)10-6-9(13)2-3-11(10)19-5-4-18-7-12(14,15)16/h2-3,6,8,17H,4-5,7H2,1H3/t8-/m0/s1. The molecule has 1 aromatic rings. The fraction of sp³-hybridized carbons (Fsp3) is 0.500. The van der Waals surface area contributed by atoms with Crippen LogP contribution in [0.25, 0.3) is 0 Å². The van der Waals surface area contributed by atoms with E-state index in [9.17, 15) is 18.3 Å². The van der Waals surface area contributed by atoms with Gasteiger partial charge in [0.05, 0.1) is 12.7 Å². The third kappa shape index (κ3) is 6.26. The molecule has 19 heavy (non-hydrogen) atoms. The number of rotatable bonds is 6. The fourth-order valence-corrected chi connectivity index (χ4v) is 1.75. The van der Waals surface area contributed by atoms with E-state index in [4.69, 9.17) is 4.74 Å². The van der Waals surface area contributed by atoms with Gasteiger partial charge < -0.3 is 14.6 Å². The minimum Gasteiger partial charge on any atom is -0.491 e. The van der Waals surface area contributed by atoms with Gasteiger partial charge in [0.25, 0.3) is 0 Å². The van der Waals surface area contributed by atoms with E-state index in [1.807, 2.05) is 0 Å². The summed E-state index contributed by atoms with van der Waals surface area (Å²) in [6.45, 7) is 0.0982. The van der Waals surface area contributed by atoms with Gasteiger partial charge in [-0.2, -0.15) is 13.2 Å². The molecule has 0 bridgehead atoms. The van der Waals surface area contributed by atoms with Gasteiger partial charge in [-0.25, -0.2) is 0 Å². The molecule has 0 unspecified atom stereocenters. The van der Waals surface area contributed by atoms with Crippen molar-refractivity contribution in [3.63, 3.8) is 0 Å². The van der Waals surface area contributed by atoms with Crippen molar-refractivity contribution >= 4 is 15.9 Å². The second-order valence-electron chi connectivity index (χ2n) is 3.87. The molecule has 1 atom stereocenters. The van der Waals surface area contributed by atoms with E-state index in [2.05, 4.69) is 20.7 Å². The Morgan fingerprint density at radius 1 is 1.32 bits per heavy atom. The summed E-state index contributed by atoms with van der Waals surface area (Å²) in [5.41, 5.74) is 0.560. The van der Waals surface area contributed by atoms with Crippen molar-refractivity contribution in [2.75, 3.05) is 19.8 Å². The van der Waals surface area contributed by atoms with Gasteiger partial charge in [0.2, 0.25) is 0 Å². The second-order valence-corrected chi connectivity index (χ2v) is 4.79. The highest BCUT2D eigenvalue weighted by molar-refractivity contribution is 9.10. The van der Waals surface area contributed by atoms with Crippen LogP contribution < -0.4 is 4.74 Å². The Kier molecular flexibility index (Phi) is 6.09. The molecular weight excluding hydrogens is 329 g/mol. The van der Waals surface area contributed by atoms with Crippen molar-refractivity contribution in [1.29, 1.82) is 0 Å². The Balaban J connectivity index is 2.45. The van der Waals surface area contributed by atoms with Gasteiger partial charge in [-0.3, -0.25) is 0 Å². The highest BCUT2D eigenvalue weighted by atomic mass is 79.9. The minimum atomic E-state index is -4.33. The summed E-state index contributed by atoms with van der Waals surface area (Å²) in [4.78, 5) is 0. The van der Waals surface area contributed by atoms with Gasteiger partial charge in [-0.15, -0.1) is 0 Å². The smallest absolute Gasteiger partial charge is 0.411 e. The van der Waals surface area contributed by atoms with E-state index < -0.39 is 18.9 Å². The molecule has 1 N–H and O–H groups in total. The first-order chi connectivity index (χ1) is 8.79. The second kappa shape index (κ2) is 7.12. The molecule has 1 aromatic carbocycles. The Morgan fingerprint density at radius 2 is 2.00 bits per heavy atom. The van der Waals surface area contributed by atoms with Crippen LogP contribution in [0.15, 0.2) is 22.7 Å². The molecular formula is C12H14BrF3O3. The Morgan fingerprint density at radius 3 is 2.58 bits per heavy atom. The number of hydrogen-bond acceptors (Lipinski definition) is 3. The lowest BCUT2D eigenvalue weighted by atomic mass is 10.1. The van der Waals surface area contributed by atoms with Gasteiger partial charge in [0.15, 0.2) is 0 Å². The first-order valence-corrected chi connectivity index (χ1v) is 6.33. The highest BCUT2D eigenvalue weighted by Gasteiger charge is 2.27. The Labute approximate surface area is 117 Å². The van der Waals surface area contributed by atoms with E-state index in [1.165, 1.54) is 0 Å². The summed E-state index contributed by atoms with van der Waals surface area (Å²) in [5.74, 6) is 0.425. The molecule has 0 radical (unpaired) electrons. The molecule has 0 spiro atoms. The van der Waals surface area contributed by atoms with Crippen LogP contribution in [0.3, 0.4) is 0 Å². The first kappa shape index (κ1) is 16.3. The number of hydrogen-bond donors (Lipinski definition) is 1. The first-order valence-electron chi connectivity index (χ1n) is 5.54. The van der Waals surface area contributed by atoms with Crippen LogP contribution in [0.1, 0.15) is 18.6 Å². The zero-order valence-electron chi connectivity index (χ0n) is 10.2. The SMILES string of the molecule is C[C@H](O)c1cc(Br)ccc1OCCOCC(F)(F)F. The molecule has 0 saturated heterocycles. The van der Waals surface area contributed by atoms with Crippen LogP contribution in [0.5, 0.6) is 5.75 Å². The summed E-state index contributed by atoms with van der Waals surface area (Å²) < 4.78 is 45.9. The van der Waals surface area contributed by atoms with Crippen molar-refractivity contribution in [3.8, 4) is 5.75 Å². The van der Waals surface area contributed by atoms with Gasteiger partial charge in [0, 0.05) is 10.0 Å². The van der Waals surface area contributed by atoms with Gasteiger partial charge >= 0.3 is 6.18 Å². The number of aliphatic hydroxyl groups excluding tert-OH is 1. The van der Waals surface area contributed by atoms with Crippen LogP contribution in [0, 0.1) is 0 Å². The molecule has 0 aliphatic carbocycles. The number of benzene rings is 1. The molecule has 0 amide bonds. The van der Waals surface area contributed by atoms with Gasteiger partial charge in [-0.05, 0) is 25.1 Å². The Bertz CT molecular complexity index is 408. The molecule has 108 valence electrons. The minimum absolute atomic E-state index is 0.0164. The van der Waals surface area contributed by atoms with Crippen molar-refractivity contribution in [2.45, 2.75) is 19.2 Å². The predicted octanol–water partition coefficient (Wildman–Crippen LogP) is 3.46. The average Bonchev–Trinajstić information content (AvgIpc) is 2.28. The molecule has 0 aliphatic rings. The van der Waals surface area contributed by atoms with Crippen LogP contribution in [0.2, 0.25) is 0 Å². The van der Waals surface area contributed by atoms with E-state index in [1.54, 1.807) is 25.1 Å². The topological polar surface area (TPSA) is 38.7 Å². The zero-order chi connectivity index (χ0) is 14.5. The quantitative estimate of drug-likeness (QED) is 0.804. The number of alkyl halides is 3. The molecule has 3 nitrogen and oxygen atoms in total. The van der Waals surface area contributed by atoms with E-state index in [0.29, 0.717) is 11.3 Å². The van der Waals surface area contributed by atoms with Crippen LogP contribution >= 0.6 is 15.9 Å². The Hall–Kier alpha value is -0.790. The third-order valence-electron chi connectivity index (χ3n) is 2.17. The maximum absolute atomic E-state index is 11.8. The normalized spacial score (nSPS) is 13.4. The molecule has 7 heteroatoms. The average molecular weight is 343 g/mol. The number of aliphatic hydroxyl groups is 1. The highest BCUT2D eigenvalue weighted by Crippen LogP contribution is 2.28. The largest absolute Gasteiger partial charge is 0.491 e. The van der Waals surface area contributed by atoms with Crippen LogP contribution in [0.4, 0.5) is 13.2 Å². The molecule has 0 fully saturated rings. The van der Waals surface area contributed by atoms with Crippen LogP contribution in [-0.2, 0) is 4.74 Å². The molecule has 0 heterocycles. The monoisotopic (exact) mass is 342 g/mol. The molecule has 1 rings (SSSR count). The van der Waals surface area contributed by atoms with Gasteiger partial charge in [0.1, 0.15) is 19.0 Å². The maximum atomic E-state index is 11.8. The lowest BCUT2D eigenvalue weighted by Crippen LogP contribution is -2.19. The van der Waals surface area contributed by atoms with Gasteiger partial charge in [-0.1, -0.05) is 15.9 Å². The summed E-state index contributed by atoms with van der Waals surface area (Å²) in [7, 11) is 0. The van der Waals surface area contributed by atoms with E-state index in [0.717, 1.165) is 4.47 Å². The maximum Gasteiger partial charge on any atom is 0.411 e. The summed E-state index contributed by atoms with van der Waals surface area (Å²) in [6, 6.07) is 5.05. The fourth-order valence-electron chi connectivity index (χ4n) is 1.38.